The molecule has 4 saturated carbocycles. The molecule has 0 amide bonds. The number of benzene rings is 8. The maximum atomic E-state index is 2.87. The van der Waals surface area contributed by atoms with Crippen molar-refractivity contribution in [1.29, 1.82) is 0 Å². The van der Waals surface area contributed by atoms with Gasteiger partial charge in [0.05, 0.1) is 11.1 Å². The van der Waals surface area contributed by atoms with Crippen LogP contribution in [0.5, 0.6) is 0 Å². The van der Waals surface area contributed by atoms with E-state index in [9.17, 15) is 0 Å². The van der Waals surface area contributed by atoms with Gasteiger partial charge in [-0.15, -0.1) is 0 Å². The number of rotatable bonds is 4. The van der Waals surface area contributed by atoms with Gasteiger partial charge in [-0.3, -0.25) is 0 Å². The lowest BCUT2D eigenvalue weighted by Crippen LogP contribution is -2.58. The van der Waals surface area contributed by atoms with Crippen LogP contribution < -0.4 is 15.8 Å². The van der Waals surface area contributed by atoms with Crippen LogP contribution in [-0.2, 0) is 16.2 Å². The number of nitrogens with zero attached hydrogens (tertiary/aromatic N) is 2. The maximum absolute atomic E-state index is 2.87. The third kappa shape index (κ3) is 4.91. The summed E-state index contributed by atoms with van der Waals surface area (Å²) in [5, 5.41) is 5.69. The number of hydrogen-bond acceptors (Lipinski definition) is 1. The van der Waals surface area contributed by atoms with Crippen LogP contribution in [0, 0.1) is 11.8 Å². The standard InChI is InChI=1S/C65H57BN2/c1-3-21-45(22-4-1)65(46-23-5-2-6-24-46)53-26-9-10-29-57(53)67-58-36-44-20-7-8-25-49(44)59-52-39-48(64-34-14-18-43(41-64)19-15-35-64)38-51-50-37-47(63-32-12-16-42(40-63)17-13-33-63)30-31-56(50)68(61(51)52)66(60(58)59)55-28-11-27-54(65)62(55)67/h1-11,20-31,36-39,42-43H,12-19,32-35,40-41H2. The molecule has 16 rings (SSSR count). The first-order chi connectivity index (χ1) is 33.6. The van der Waals surface area contributed by atoms with E-state index >= 15 is 0 Å². The van der Waals surface area contributed by atoms with E-state index in [0.717, 1.165) is 11.8 Å². The fourth-order valence-electron chi connectivity index (χ4n) is 17.0. The molecular weight excluding hydrogens is 820 g/mol. The average molecular weight is 877 g/mol. The van der Waals surface area contributed by atoms with Crippen LogP contribution >= 0.6 is 0 Å². The van der Waals surface area contributed by atoms with E-state index < -0.39 is 5.41 Å². The predicted octanol–water partition coefficient (Wildman–Crippen LogP) is 15.3. The zero-order valence-electron chi connectivity index (χ0n) is 39.1. The van der Waals surface area contributed by atoms with Crippen molar-refractivity contribution in [2.24, 2.45) is 11.8 Å². The Bertz CT molecular complexity index is 3520. The molecule has 330 valence electrons. The summed E-state index contributed by atoms with van der Waals surface area (Å²) in [5.74, 6) is 1.75. The summed E-state index contributed by atoms with van der Waals surface area (Å²) in [6.07, 6.45) is 19.2. The summed E-state index contributed by atoms with van der Waals surface area (Å²) in [7, 11) is 0. The second-order valence-corrected chi connectivity index (χ2v) is 22.7. The summed E-state index contributed by atoms with van der Waals surface area (Å²) < 4.78 is 2.87. The molecule has 0 atom stereocenters. The van der Waals surface area contributed by atoms with Gasteiger partial charge in [0.15, 0.2) is 0 Å². The molecule has 9 aromatic rings. The van der Waals surface area contributed by atoms with Crippen molar-refractivity contribution in [2.45, 2.75) is 106 Å². The molecule has 0 spiro atoms. The lowest BCUT2D eigenvalue weighted by atomic mass is 9.43. The zero-order valence-corrected chi connectivity index (χ0v) is 39.1. The Kier molecular flexibility index (Phi) is 7.90. The second-order valence-electron chi connectivity index (χ2n) is 22.7. The van der Waals surface area contributed by atoms with Crippen molar-refractivity contribution in [2.75, 3.05) is 4.90 Å². The fraction of sp³-hybridized carbons (Fsp3) is 0.292. The summed E-state index contributed by atoms with van der Waals surface area (Å²) in [6.45, 7) is -0.00618. The smallest absolute Gasteiger partial charge is 0.333 e. The second kappa shape index (κ2) is 13.9. The van der Waals surface area contributed by atoms with E-state index in [4.69, 9.17) is 0 Å². The predicted molar refractivity (Wildman–Crippen MR) is 284 cm³/mol. The van der Waals surface area contributed by atoms with Gasteiger partial charge >= 0.3 is 6.85 Å². The monoisotopic (exact) mass is 876 g/mol. The minimum atomic E-state index is -0.531. The maximum Gasteiger partial charge on any atom is 0.333 e. The van der Waals surface area contributed by atoms with Crippen LogP contribution in [-0.4, -0.2) is 11.3 Å². The van der Waals surface area contributed by atoms with Crippen molar-refractivity contribution < 1.29 is 0 Å². The van der Waals surface area contributed by atoms with Crippen molar-refractivity contribution in [3.8, 4) is 11.1 Å². The zero-order chi connectivity index (χ0) is 44.3. The van der Waals surface area contributed by atoms with Crippen LogP contribution in [0.4, 0.5) is 17.1 Å². The van der Waals surface area contributed by atoms with Crippen LogP contribution in [0.25, 0.3) is 43.7 Å². The molecule has 4 bridgehead atoms. The highest BCUT2D eigenvalue weighted by molar-refractivity contribution is 6.90. The number of hydrogen-bond donors (Lipinski definition) is 0. The van der Waals surface area contributed by atoms with Gasteiger partial charge in [0.2, 0.25) is 0 Å². The van der Waals surface area contributed by atoms with E-state index in [1.807, 2.05) is 0 Å². The molecule has 2 nitrogen and oxygen atoms in total. The number of fused-ring (bicyclic) bond motifs is 15. The van der Waals surface area contributed by atoms with Gasteiger partial charge in [-0.05, 0) is 158 Å². The molecule has 4 fully saturated rings. The van der Waals surface area contributed by atoms with Crippen LogP contribution in [0.3, 0.4) is 0 Å². The molecule has 3 aliphatic heterocycles. The van der Waals surface area contributed by atoms with Gasteiger partial charge in [-0.25, -0.2) is 0 Å². The van der Waals surface area contributed by atoms with E-state index in [1.165, 1.54) is 184 Å². The van der Waals surface area contributed by atoms with Crippen LogP contribution in [0.2, 0.25) is 0 Å². The first-order valence-corrected chi connectivity index (χ1v) is 26.5. The minimum Gasteiger partial charge on any atom is -0.375 e. The highest BCUT2D eigenvalue weighted by atomic mass is 15.2. The molecule has 68 heavy (non-hydrogen) atoms. The van der Waals surface area contributed by atoms with Crippen molar-refractivity contribution in [3.05, 3.63) is 197 Å². The van der Waals surface area contributed by atoms with Gasteiger partial charge in [-0.1, -0.05) is 179 Å². The number of aromatic nitrogens is 1. The Hall–Kier alpha value is -6.32. The molecule has 4 heterocycles. The van der Waals surface area contributed by atoms with E-state index in [2.05, 4.69) is 173 Å². The summed E-state index contributed by atoms with van der Waals surface area (Å²) in [6, 6.07) is 65.0. The number of para-hydroxylation sites is 2. The molecule has 0 unspecified atom stereocenters. The lowest BCUT2D eigenvalue weighted by Gasteiger charge is -2.50. The fourth-order valence-corrected chi connectivity index (χ4v) is 17.0. The topological polar surface area (TPSA) is 8.17 Å². The number of anilines is 3. The van der Waals surface area contributed by atoms with Crippen LogP contribution in [0.15, 0.2) is 164 Å². The third-order valence-electron chi connectivity index (χ3n) is 19.6. The van der Waals surface area contributed by atoms with Crippen molar-refractivity contribution in [1.82, 2.24) is 4.48 Å². The quantitative estimate of drug-likeness (QED) is 0.160. The molecule has 0 N–H and O–H groups in total. The lowest BCUT2D eigenvalue weighted by molar-refractivity contribution is 0.149. The molecule has 3 heteroatoms. The van der Waals surface area contributed by atoms with Gasteiger partial charge < -0.3 is 9.38 Å². The first-order valence-electron chi connectivity index (χ1n) is 26.5. The Morgan fingerprint density at radius 1 is 0.471 bits per heavy atom. The SMILES string of the molecule is c1ccc(C2(c3ccccc3)c3ccccc3N3c4cc5ccccc5c5c4B(c4cccc2c43)n2c3ccc(C46CCCC(CCC4)C6)cc3c3cc(C46CCCC(CCC4)C6)cc-5c32)cc1. The largest absolute Gasteiger partial charge is 0.375 e. The molecular formula is C65H57BN2. The van der Waals surface area contributed by atoms with Gasteiger partial charge in [0.25, 0.3) is 0 Å². The van der Waals surface area contributed by atoms with Crippen molar-refractivity contribution >= 4 is 67.4 Å². The molecule has 0 radical (unpaired) electrons. The first kappa shape index (κ1) is 38.6. The normalized spacial score (nSPS) is 24.7. The van der Waals surface area contributed by atoms with E-state index in [-0.39, 0.29) is 12.3 Å². The molecule has 0 saturated heterocycles. The molecule has 4 aliphatic carbocycles. The van der Waals surface area contributed by atoms with Gasteiger partial charge in [-0.2, -0.15) is 0 Å². The highest BCUT2D eigenvalue weighted by Crippen LogP contribution is 2.61. The van der Waals surface area contributed by atoms with Gasteiger partial charge in [0, 0.05) is 38.7 Å². The van der Waals surface area contributed by atoms with Gasteiger partial charge in [0.1, 0.15) is 0 Å². The highest BCUT2D eigenvalue weighted by Gasteiger charge is 2.53. The Morgan fingerprint density at radius 2 is 1.09 bits per heavy atom. The summed E-state index contributed by atoms with van der Waals surface area (Å²) in [4.78, 5) is 2.72. The Labute approximate surface area is 401 Å². The molecule has 7 aliphatic rings. The van der Waals surface area contributed by atoms with Crippen LogP contribution in [0.1, 0.15) is 123 Å². The van der Waals surface area contributed by atoms with E-state index in [0.29, 0.717) is 5.41 Å². The summed E-state index contributed by atoms with van der Waals surface area (Å²) in [5.41, 5.74) is 21.2. The van der Waals surface area contributed by atoms with E-state index in [1.54, 1.807) is 11.1 Å². The van der Waals surface area contributed by atoms with Crippen molar-refractivity contribution in [3.63, 3.8) is 0 Å². The third-order valence-corrected chi connectivity index (χ3v) is 19.6. The Balaban J connectivity index is 1.06. The summed E-state index contributed by atoms with van der Waals surface area (Å²) >= 11 is 0. The molecule has 1 aromatic heterocycles. The Morgan fingerprint density at radius 3 is 1.81 bits per heavy atom. The minimum absolute atomic E-state index is 0.00618. The average Bonchev–Trinajstić information content (AvgIpc) is 3.72. The molecule has 8 aromatic carbocycles.